The van der Waals surface area contributed by atoms with E-state index < -0.39 is 0 Å². The molecule has 556 valence electrons. The zero-order chi connectivity index (χ0) is 79.1. The number of aromatic nitrogens is 15. The largest absolute Gasteiger partial charge is 0.451 e. The number of fused-ring (bicyclic) bond motifs is 1. The zero-order valence-corrected chi connectivity index (χ0v) is 64.2. The standard InChI is InChI=1S/C24H21N5O.C23H25N5O.2C20H19N5O/c1-15(2)20-13-28-19(12-21(20)30-22-14-27-16(3)29-24(22)25)10-9-18-7-4-6-17-8-5-11-26-23(17)18;1-15(2)20-13-26-18(9-6-17-7-10-19(11-8-17)28(4)5)12-21(20)29-22-14-25-16(3)27-23(22)24;1-13(2)17-11-24-16(5-4-15-6-8-22-9-7-15)10-18(17)26-19-12-23-14(3)25-20(19)21;1-13(2)17-11-24-16(8-7-15-6-4-5-9-22-15)10-18(17)26-19-12-23-14(3)25-20(19)21/h4-8,11-15H,1-3H3,(H2,25,27,29);7-8,10-15H,1-5H3,(H2,24,25,27);6-13H,1-3H3,(H2,21,23,25);4-6,9-13H,1-3H3,(H2,21,23,25). The molecule has 0 radical (unpaired) electrons. The number of para-hydroxylation sites is 1. The summed E-state index contributed by atoms with van der Waals surface area (Å²) in [5.41, 5.74) is 35.4. The van der Waals surface area contributed by atoms with Gasteiger partial charge in [0, 0.05) is 132 Å². The Labute approximate surface area is 646 Å². The molecule has 0 aliphatic rings. The lowest BCUT2D eigenvalue weighted by Crippen LogP contribution is -2.07. The maximum Gasteiger partial charge on any atom is 0.187 e. The van der Waals surface area contributed by atoms with Gasteiger partial charge in [-0.3, -0.25) is 9.97 Å². The summed E-state index contributed by atoms with van der Waals surface area (Å²) in [6.45, 7) is 23.7. The van der Waals surface area contributed by atoms with E-state index in [1.807, 2.05) is 122 Å². The molecule has 0 unspecified atom stereocenters. The first kappa shape index (κ1) is 79.1. The van der Waals surface area contributed by atoms with E-state index in [0.717, 1.165) is 55.5 Å². The lowest BCUT2D eigenvalue weighted by atomic mass is 10.0. The summed E-state index contributed by atoms with van der Waals surface area (Å²) in [4.78, 5) is 65.7. The molecule has 0 saturated carbocycles. The first-order chi connectivity index (χ1) is 53.4. The fraction of sp³-hybridized carbons (Fsp3) is 0.207. The van der Waals surface area contributed by atoms with Crippen LogP contribution < -0.4 is 46.8 Å². The Hall–Kier alpha value is -14.5. The molecule has 0 amide bonds. The third kappa shape index (κ3) is 22.5. The molecule has 0 saturated heterocycles. The van der Waals surface area contributed by atoms with Crippen molar-refractivity contribution in [3.63, 3.8) is 0 Å². The van der Waals surface area contributed by atoms with Gasteiger partial charge in [0.25, 0.3) is 0 Å². The second-order valence-electron chi connectivity index (χ2n) is 26.4. The highest BCUT2D eigenvalue weighted by Crippen LogP contribution is 2.37. The molecule has 2 aromatic carbocycles. The van der Waals surface area contributed by atoms with Crippen molar-refractivity contribution in [1.29, 1.82) is 0 Å². The van der Waals surface area contributed by atoms with E-state index in [1.165, 1.54) is 0 Å². The second kappa shape index (κ2) is 37.7. The van der Waals surface area contributed by atoms with Gasteiger partial charge < -0.3 is 46.8 Å². The highest BCUT2D eigenvalue weighted by atomic mass is 16.5. The molecule has 0 atom stereocenters. The summed E-state index contributed by atoms with van der Waals surface area (Å²) in [7, 11) is 4.02. The van der Waals surface area contributed by atoms with Crippen LogP contribution in [0, 0.1) is 75.1 Å². The number of nitrogens with zero attached hydrogens (tertiary/aromatic N) is 16. The lowest BCUT2D eigenvalue weighted by Gasteiger charge is -2.14. The van der Waals surface area contributed by atoms with Crippen LogP contribution in [0.2, 0.25) is 0 Å². The number of benzene rings is 2. The number of anilines is 5. The van der Waals surface area contributed by atoms with E-state index >= 15 is 0 Å². The first-order valence-electron chi connectivity index (χ1n) is 35.5. The van der Waals surface area contributed by atoms with Gasteiger partial charge in [0.15, 0.2) is 46.3 Å². The first-order valence-corrected chi connectivity index (χ1v) is 35.5. The predicted molar refractivity (Wildman–Crippen MR) is 433 cm³/mol. The fourth-order valence-electron chi connectivity index (χ4n) is 10.3. The average Bonchev–Trinajstić information content (AvgIpc) is 0.836. The molecular formula is C87H84N20O4. The van der Waals surface area contributed by atoms with Crippen LogP contribution in [-0.2, 0) is 0 Å². The summed E-state index contributed by atoms with van der Waals surface area (Å²) in [5, 5.41) is 1.05. The van der Waals surface area contributed by atoms with E-state index in [9.17, 15) is 0 Å². The summed E-state index contributed by atoms with van der Waals surface area (Å²) < 4.78 is 24.0. The van der Waals surface area contributed by atoms with E-state index in [1.54, 1.807) is 108 Å². The van der Waals surface area contributed by atoms with Gasteiger partial charge in [-0.05, 0) is 142 Å². The Bertz CT molecular complexity index is 5530. The topological polar surface area (TPSA) is 338 Å². The van der Waals surface area contributed by atoms with Gasteiger partial charge in [-0.2, -0.15) is 0 Å². The third-order valence-corrected chi connectivity index (χ3v) is 16.2. The van der Waals surface area contributed by atoms with Crippen molar-refractivity contribution in [3.8, 4) is 93.4 Å². The number of nitrogen functional groups attached to an aromatic ring is 4. The molecule has 24 nitrogen and oxygen atoms in total. The summed E-state index contributed by atoms with van der Waals surface area (Å²) in [5.74, 6) is 33.4. The molecule has 0 aliphatic heterocycles. The minimum atomic E-state index is 0.212. The van der Waals surface area contributed by atoms with Gasteiger partial charge in [-0.15, -0.1) is 0 Å². The molecule has 11 heterocycles. The number of pyridine rings is 7. The van der Waals surface area contributed by atoms with E-state index in [0.29, 0.717) is 121 Å². The van der Waals surface area contributed by atoms with Crippen LogP contribution in [0.25, 0.3) is 10.9 Å². The molecule has 0 aliphatic carbocycles. The van der Waals surface area contributed by atoms with Crippen LogP contribution in [0.15, 0.2) is 184 Å². The van der Waals surface area contributed by atoms with E-state index in [4.69, 9.17) is 41.9 Å². The minimum Gasteiger partial charge on any atom is -0.451 e. The minimum absolute atomic E-state index is 0.212. The van der Waals surface area contributed by atoms with Crippen molar-refractivity contribution in [2.75, 3.05) is 41.9 Å². The Balaban J connectivity index is 0.000000158. The molecule has 0 bridgehead atoms. The molecular weight excluding hydrogens is 1390 g/mol. The lowest BCUT2D eigenvalue weighted by molar-refractivity contribution is 0.469. The van der Waals surface area contributed by atoms with Gasteiger partial charge in [-0.1, -0.05) is 97.4 Å². The quantitative estimate of drug-likeness (QED) is 0.0779. The number of hydrogen-bond acceptors (Lipinski definition) is 24. The number of ether oxygens (including phenoxy) is 4. The van der Waals surface area contributed by atoms with Crippen LogP contribution in [0.5, 0.6) is 46.0 Å². The molecule has 11 aromatic heterocycles. The maximum absolute atomic E-state index is 6.05. The van der Waals surface area contributed by atoms with Gasteiger partial charge in [-0.25, -0.2) is 64.8 Å². The Morgan fingerprint density at radius 2 is 0.667 bits per heavy atom. The summed E-state index contributed by atoms with van der Waals surface area (Å²) in [6.07, 6.45) is 20.3. The van der Waals surface area contributed by atoms with Gasteiger partial charge in [0.2, 0.25) is 0 Å². The Morgan fingerprint density at radius 3 is 1.03 bits per heavy atom. The maximum atomic E-state index is 6.05. The number of hydrogen-bond donors (Lipinski definition) is 4. The van der Waals surface area contributed by atoms with Crippen LogP contribution in [-0.4, -0.2) is 88.9 Å². The van der Waals surface area contributed by atoms with Crippen LogP contribution in [0.3, 0.4) is 0 Å². The van der Waals surface area contributed by atoms with Gasteiger partial charge in [0.1, 0.15) is 74.8 Å². The summed E-state index contributed by atoms with van der Waals surface area (Å²) in [6, 6.07) is 34.4. The van der Waals surface area contributed by atoms with Crippen LogP contribution in [0.4, 0.5) is 29.0 Å². The normalized spacial score (nSPS) is 10.4. The van der Waals surface area contributed by atoms with Crippen molar-refractivity contribution >= 4 is 39.9 Å². The fourth-order valence-corrected chi connectivity index (χ4v) is 10.3. The van der Waals surface area contributed by atoms with E-state index in [-0.39, 0.29) is 23.7 Å². The SMILES string of the molecule is Cc1ncc(Oc2cc(C#Cc3ccc(N(C)C)cc3)ncc2C(C)C)c(N)n1.Cc1ncc(Oc2cc(C#Cc3cccc4cccnc34)ncc2C(C)C)c(N)n1.Cc1ncc(Oc2cc(C#Cc3ccccn3)ncc2C(C)C)c(N)n1.Cc1ncc(Oc2cc(C#Cc3ccncc3)ncc2C(C)C)c(N)n1. The highest BCUT2D eigenvalue weighted by Gasteiger charge is 2.19. The molecule has 0 fully saturated rings. The van der Waals surface area contributed by atoms with Crippen molar-refractivity contribution in [2.24, 2.45) is 0 Å². The highest BCUT2D eigenvalue weighted by molar-refractivity contribution is 5.84. The average molecular weight is 1470 g/mol. The monoisotopic (exact) mass is 1470 g/mol. The number of nitrogens with two attached hydrogens (primary N) is 4. The molecule has 0 spiro atoms. The van der Waals surface area contributed by atoms with Crippen molar-refractivity contribution < 1.29 is 18.9 Å². The summed E-state index contributed by atoms with van der Waals surface area (Å²) >= 11 is 0. The molecule has 8 N–H and O–H groups in total. The Morgan fingerprint density at radius 1 is 0.315 bits per heavy atom. The molecule has 111 heavy (non-hydrogen) atoms. The van der Waals surface area contributed by atoms with Crippen LogP contribution in [0.1, 0.15) is 170 Å². The number of aryl methyl sites for hydroxylation is 4. The van der Waals surface area contributed by atoms with Crippen molar-refractivity contribution in [2.45, 2.75) is 107 Å². The van der Waals surface area contributed by atoms with Gasteiger partial charge in [0.05, 0.1) is 35.9 Å². The van der Waals surface area contributed by atoms with Gasteiger partial charge >= 0.3 is 0 Å². The zero-order valence-electron chi connectivity index (χ0n) is 64.2. The molecule has 24 heteroatoms. The Kier molecular flexibility index (Phi) is 26.8. The van der Waals surface area contributed by atoms with E-state index in [2.05, 4.69) is 178 Å². The second-order valence-corrected chi connectivity index (χ2v) is 26.4. The number of rotatable bonds is 13. The smallest absolute Gasteiger partial charge is 0.187 e. The predicted octanol–water partition coefficient (Wildman–Crippen LogP) is 15.7. The van der Waals surface area contributed by atoms with Crippen LogP contribution >= 0.6 is 0 Å². The third-order valence-electron chi connectivity index (χ3n) is 16.2. The van der Waals surface area contributed by atoms with Crippen molar-refractivity contribution in [1.82, 2.24) is 74.8 Å². The van der Waals surface area contributed by atoms with Crippen molar-refractivity contribution in [3.05, 3.63) is 274 Å². The molecule has 13 aromatic rings. The molecule has 13 rings (SSSR count).